The number of carbonyl (C=O) groups is 2. The number of hydrogen-bond donors (Lipinski definition) is 1. The first-order valence-electron chi connectivity index (χ1n) is 8.94. The van der Waals surface area contributed by atoms with Gasteiger partial charge in [0.05, 0.1) is 0 Å². The van der Waals surface area contributed by atoms with Crippen LogP contribution in [0.1, 0.15) is 39.2 Å². The molecule has 1 N–H and O–H groups in total. The number of rotatable bonds is 8. The van der Waals surface area contributed by atoms with Crippen molar-refractivity contribution < 1.29 is 14.3 Å². The highest BCUT2D eigenvalue weighted by Crippen LogP contribution is 2.26. The Balaban J connectivity index is 2.70. The predicted octanol–water partition coefficient (Wildman–Crippen LogP) is 5.24. The summed E-state index contributed by atoms with van der Waals surface area (Å²) in [4.78, 5) is 26.0. The van der Waals surface area contributed by atoms with Crippen LogP contribution in [0.4, 0.5) is 4.79 Å². The normalized spacial score (nSPS) is 12.8. The Kier molecular flexibility index (Phi) is 9.61. The summed E-state index contributed by atoms with van der Waals surface area (Å²) in [5.74, 6) is -0.712. The SMILES string of the molecule is C=C[C@H](CCCN(Cc1ccccc1)C(=O)OC(C)(C)C)NC(=O)C(Cl)(Cl)Cl. The van der Waals surface area contributed by atoms with E-state index in [0.29, 0.717) is 25.9 Å². The average Bonchev–Trinajstić information content (AvgIpc) is 2.58. The molecule has 8 heteroatoms. The minimum Gasteiger partial charge on any atom is -0.444 e. The topological polar surface area (TPSA) is 58.6 Å². The fourth-order valence-electron chi connectivity index (χ4n) is 2.37. The van der Waals surface area contributed by atoms with Gasteiger partial charge in [0.2, 0.25) is 0 Å². The number of nitrogens with one attached hydrogen (secondary N) is 1. The van der Waals surface area contributed by atoms with Gasteiger partial charge < -0.3 is 15.0 Å². The van der Waals surface area contributed by atoms with E-state index in [1.807, 2.05) is 51.1 Å². The number of ether oxygens (including phenoxy) is 1. The molecule has 0 heterocycles. The number of carbonyl (C=O) groups excluding carboxylic acids is 2. The smallest absolute Gasteiger partial charge is 0.410 e. The zero-order valence-electron chi connectivity index (χ0n) is 16.4. The first-order valence-corrected chi connectivity index (χ1v) is 10.1. The van der Waals surface area contributed by atoms with Crippen molar-refractivity contribution in [3.05, 3.63) is 48.6 Å². The summed E-state index contributed by atoms with van der Waals surface area (Å²) in [6.07, 6.45) is 2.31. The van der Waals surface area contributed by atoms with Gasteiger partial charge in [-0.15, -0.1) is 6.58 Å². The lowest BCUT2D eigenvalue weighted by Gasteiger charge is -2.28. The molecule has 28 heavy (non-hydrogen) atoms. The Morgan fingerprint density at radius 2 is 1.82 bits per heavy atom. The van der Waals surface area contributed by atoms with E-state index in [9.17, 15) is 9.59 Å². The third-order valence-corrected chi connectivity index (χ3v) is 4.18. The van der Waals surface area contributed by atoms with Crippen molar-refractivity contribution in [3.63, 3.8) is 0 Å². The van der Waals surface area contributed by atoms with E-state index >= 15 is 0 Å². The van der Waals surface area contributed by atoms with Gasteiger partial charge in [0.25, 0.3) is 9.70 Å². The molecule has 0 aliphatic carbocycles. The van der Waals surface area contributed by atoms with E-state index in [1.165, 1.54) is 0 Å². The summed E-state index contributed by atoms with van der Waals surface area (Å²) < 4.78 is 3.48. The zero-order chi connectivity index (χ0) is 21.4. The summed E-state index contributed by atoms with van der Waals surface area (Å²) >= 11 is 16.7. The van der Waals surface area contributed by atoms with E-state index in [4.69, 9.17) is 39.5 Å². The third-order valence-electron chi connectivity index (χ3n) is 3.67. The summed E-state index contributed by atoms with van der Waals surface area (Å²) in [5, 5.41) is 2.61. The van der Waals surface area contributed by atoms with Gasteiger partial charge in [-0.05, 0) is 39.2 Å². The maximum atomic E-state index is 12.6. The van der Waals surface area contributed by atoms with Crippen LogP contribution >= 0.6 is 34.8 Å². The number of hydrogen-bond acceptors (Lipinski definition) is 3. The van der Waals surface area contributed by atoms with Crippen LogP contribution in [0.2, 0.25) is 0 Å². The number of benzene rings is 1. The lowest BCUT2D eigenvalue weighted by atomic mass is 10.1. The van der Waals surface area contributed by atoms with E-state index in [1.54, 1.807) is 11.0 Å². The maximum Gasteiger partial charge on any atom is 0.410 e. The van der Waals surface area contributed by atoms with Gasteiger partial charge in [-0.25, -0.2) is 4.79 Å². The van der Waals surface area contributed by atoms with Crippen molar-refractivity contribution in [3.8, 4) is 0 Å². The second-order valence-electron chi connectivity index (χ2n) is 7.34. The predicted molar refractivity (Wildman–Crippen MR) is 115 cm³/mol. The van der Waals surface area contributed by atoms with Crippen molar-refractivity contribution in [1.82, 2.24) is 10.2 Å². The molecular formula is C20H27Cl3N2O3. The first kappa shape index (κ1) is 24.6. The molecule has 0 unspecified atom stereocenters. The number of halogens is 3. The van der Waals surface area contributed by atoms with Crippen LogP contribution in [-0.4, -0.2) is 38.9 Å². The first-order chi connectivity index (χ1) is 12.9. The van der Waals surface area contributed by atoms with Gasteiger partial charge in [0, 0.05) is 19.1 Å². The molecule has 1 rings (SSSR count). The monoisotopic (exact) mass is 448 g/mol. The number of amides is 2. The molecule has 0 aromatic heterocycles. The minimum atomic E-state index is -2.03. The Hall–Kier alpha value is -1.43. The van der Waals surface area contributed by atoms with Crippen LogP contribution in [0, 0.1) is 0 Å². The summed E-state index contributed by atoms with van der Waals surface area (Å²) in [7, 11) is 0. The molecule has 0 fully saturated rings. The van der Waals surface area contributed by atoms with Crippen LogP contribution in [0.5, 0.6) is 0 Å². The molecule has 0 saturated carbocycles. The standard InChI is InChI=1S/C20H27Cl3N2O3/c1-5-16(24-17(26)20(21,22)23)12-9-13-25(18(27)28-19(2,3)4)14-15-10-7-6-8-11-15/h5-8,10-11,16H,1,9,12-14H2,2-4H3,(H,24,26)/t16-/m1/s1. The third kappa shape index (κ3) is 9.67. The summed E-state index contributed by atoms with van der Waals surface area (Å²) in [5.41, 5.74) is 0.409. The zero-order valence-corrected chi connectivity index (χ0v) is 18.7. The minimum absolute atomic E-state index is 0.375. The maximum absolute atomic E-state index is 12.6. The lowest BCUT2D eigenvalue weighted by Crippen LogP contribution is -2.41. The molecule has 1 atom stereocenters. The average molecular weight is 450 g/mol. The molecule has 1 aromatic carbocycles. The lowest BCUT2D eigenvalue weighted by molar-refractivity contribution is -0.120. The Labute approximate surface area is 182 Å². The van der Waals surface area contributed by atoms with Gasteiger partial charge in [0.1, 0.15) is 5.60 Å². The molecule has 1 aromatic rings. The molecular weight excluding hydrogens is 423 g/mol. The van der Waals surface area contributed by atoms with E-state index in [0.717, 1.165) is 5.56 Å². The second-order valence-corrected chi connectivity index (χ2v) is 9.62. The highest BCUT2D eigenvalue weighted by atomic mass is 35.6. The van der Waals surface area contributed by atoms with Gasteiger partial charge in [-0.1, -0.05) is 71.2 Å². The molecule has 0 radical (unpaired) electrons. The van der Waals surface area contributed by atoms with Crippen molar-refractivity contribution in [1.29, 1.82) is 0 Å². The Morgan fingerprint density at radius 3 is 2.32 bits per heavy atom. The van der Waals surface area contributed by atoms with Crippen LogP contribution in [0.3, 0.4) is 0 Å². The van der Waals surface area contributed by atoms with Crippen molar-refractivity contribution in [2.45, 2.75) is 55.6 Å². The van der Waals surface area contributed by atoms with Crippen LogP contribution in [0.25, 0.3) is 0 Å². The van der Waals surface area contributed by atoms with Crippen molar-refractivity contribution in [2.75, 3.05) is 6.54 Å². The second kappa shape index (κ2) is 10.9. The van der Waals surface area contributed by atoms with Gasteiger partial charge in [-0.2, -0.15) is 0 Å². The van der Waals surface area contributed by atoms with Crippen LogP contribution in [-0.2, 0) is 16.1 Å². The summed E-state index contributed by atoms with van der Waals surface area (Å²) in [6.45, 7) is 10.0. The molecule has 156 valence electrons. The molecule has 0 bridgehead atoms. The Bertz CT molecular complexity index is 655. The molecule has 2 amide bonds. The summed E-state index contributed by atoms with van der Waals surface area (Å²) in [6, 6.07) is 9.28. The quantitative estimate of drug-likeness (QED) is 0.436. The highest BCUT2D eigenvalue weighted by molar-refractivity contribution is 6.76. The van der Waals surface area contributed by atoms with E-state index in [2.05, 4.69) is 11.9 Å². The van der Waals surface area contributed by atoms with Crippen LogP contribution < -0.4 is 5.32 Å². The van der Waals surface area contributed by atoms with E-state index in [-0.39, 0.29) is 6.04 Å². The molecule has 5 nitrogen and oxygen atoms in total. The Morgan fingerprint density at radius 1 is 1.21 bits per heavy atom. The molecule has 0 saturated heterocycles. The number of alkyl halides is 3. The largest absolute Gasteiger partial charge is 0.444 e. The fourth-order valence-corrected chi connectivity index (χ4v) is 2.53. The highest BCUT2D eigenvalue weighted by Gasteiger charge is 2.31. The van der Waals surface area contributed by atoms with E-state index < -0.39 is 21.4 Å². The van der Waals surface area contributed by atoms with Crippen LogP contribution in [0.15, 0.2) is 43.0 Å². The van der Waals surface area contributed by atoms with Gasteiger partial charge >= 0.3 is 6.09 Å². The van der Waals surface area contributed by atoms with Gasteiger partial charge in [0.15, 0.2) is 0 Å². The van der Waals surface area contributed by atoms with Crippen molar-refractivity contribution in [2.24, 2.45) is 0 Å². The van der Waals surface area contributed by atoms with Gasteiger partial charge in [-0.3, -0.25) is 4.79 Å². The van der Waals surface area contributed by atoms with Crippen molar-refractivity contribution >= 4 is 46.8 Å². The fraction of sp³-hybridized carbons (Fsp3) is 0.500. The number of nitrogens with zero attached hydrogens (tertiary/aromatic N) is 1. The molecule has 0 spiro atoms. The molecule has 0 aliphatic rings. The molecule has 0 aliphatic heterocycles.